The topological polar surface area (TPSA) is 78.5 Å². The molecule has 0 radical (unpaired) electrons. The van der Waals surface area contributed by atoms with Gasteiger partial charge >= 0.3 is 6.03 Å². The van der Waals surface area contributed by atoms with Crippen LogP contribution in [0.2, 0.25) is 0 Å². The van der Waals surface area contributed by atoms with Crippen LogP contribution in [-0.4, -0.2) is 23.4 Å². The van der Waals surface area contributed by atoms with Gasteiger partial charge in [0.1, 0.15) is 5.54 Å². The monoisotopic (exact) mass is 393 g/mol. The summed E-state index contributed by atoms with van der Waals surface area (Å²) in [6, 6.07) is 7.09. The van der Waals surface area contributed by atoms with Crippen molar-refractivity contribution in [3.8, 4) is 0 Å². The molecule has 1 aliphatic heterocycles. The summed E-state index contributed by atoms with van der Waals surface area (Å²) >= 11 is 0. The van der Waals surface area contributed by atoms with Crippen LogP contribution < -0.4 is 15.5 Å². The van der Waals surface area contributed by atoms with E-state index in [1.807, 2.05) is 18.2 Å². The largest absolute Gasteiger partial charge is 0.352 e. The minimum Gasteiger partial charge on any atom is -0.352 e. The molecule has 152 valence electrons. The molecule has 1 heterocycles. The highest BCUT2D eigenvalue weighted by Gasteiger charge is 2.62. The minimum atomic E-state index is -0.705. The lowest BCUT2D eigenvalue weighted by Crippen LogP contribution is -2.44. The lowest BCUT2D eigenvalue weighted by Gasteiger charge is -2.21. The van der Waals surface area contributed by atoms with Crippen molar-refractivity contribution in [1.29, 1.82) is 0 Å². The van der Waals surface area contributed by atoms with Gasteiger partial charge in [-0.3, -0.25) is 9.59 Å². The summed E-state index contributed by atoms with van der Waals surface area (Å²) in [6.07, 6.45) is 7.02. The highest BCUT2D eigenvalue weighted by atomic mass is 16.2. The zero-order chi connectivity index (χ0) is 19.8. The molecule has 1 aromatic rings. The first-order chi connectivity index (χ1) is 14.1. The summed E-state index contributed by atoms with van der Waals surface area (Å²) in [7, 11) is 0. The van der Waals surface area contributed by atoms with Crippen molar-refractivity contribution in [3.05, 3.63) is 29.8 Å². The third-order valence-electron chi connectivity index (χ3n) is 8.29. The van der Waals surface area contributed by atoms with Crippen LogP contribution in [0.3, 0.4) is 0 Å². The Morgan fingerprint density at radius 2 is 1.93 bits per heavy atom. The number of carbonyl (C=O) groups excluding carboxylic acids is 3. The van der Waals surface area contributed by atoms with Gasteiger partial charge in [-0.25, -0.2) is 9.69 Å². The van der Waals surface area contributed by atoms with Crippen LogP contribution in [-0.2, 0) is 16.1 Å². The highest BCUT2D eigenvalue weighted by Crippen LogP contribution is 2.67. The van der Waals surface area contributed by atoms with Crippen molar-refractivity contribution in [2.75, 3.05) is 4.90 Å². The van der Waals surface area contributed by atoms with Crippen molar-refractivity contribution in [2.24, 2.45) is 29.6 Å². The Labute approximate surface area is 170 Å². The molecule has 4 amide bonds. The van der Waals surface area contributed by atoms with Gasteiger partial charge in [-0.2, -0.15) is 0 Å². The van der Waals surface area contributed by atoms with E-state index in [4.69, 9.17) is 0 Å². The summed E-state index contributed by atoms with van der Waals surface area (Å²) < 4.78 is 0. The number of imide groups is 1. The van der Waals surface area contributed by atoms with Gasteiger partial charge < -0.3 is 10.6 Å². The molecule has 0 aromatic heterocycles. The molecular weight excluding hydrogens is 366 g/mol. The van der Waals surface area contributed by atoms with Crippen LogP contribution in [0.4, 0.5) is 10.5 Å². The van der Waals surface area contributed by atoms with Crippen molar-refractivity contribution in [3.63, 3.8) is 0 Å². The fraction of sp³-hybridized carbons (Fsp3) is 0.609. The maximum Gasteiger partial charge on any atom is 0.329 e. The van der Waals surface area contributed by atoms with Gasteiger partial charge in [-0.1, -0.05) is 25.0 Å². The van der Waals surface area contributed by atoms with Crippen LogP contribution in [0.15, 0.2) is 24.3 Å². The Morgan fingerprint density at radius 1 is 1.10 bits per heavy atom. The maximum atomic E-state index is 13.0. The number of hydrogen-bond donors (Lipinski definition) is 2. The molecule has 1 saturated heterocycles. The van der Waals surface area contributed by atoms with E-state index >= 15 is 0 Å². The first-order valence-electron chi connectivity index (χ1n) is 11.1. The number of urea groups is 1. The van der Waals surface area contributed by atoms with Crippen LogP contribution in [0.25, 0.3) is 0 Å². The zero-order valence-electron chi connectivity index (χ0n) is 16.5. The van der Waals surface area contributed by atoms with E-state index in [-0.39, 0.29) is 23.8 Å². The van der Waals surface area contributed by atoms with Crippen molar-refractivity contribution < 1.29 is 14.4 Å². The van der Waals surface area contributed by atoms with E-state index in [1.165, 1.54) is 17.7 Å². The predicted octanol–water partition coefficient (Wildman–Crippen LogP) is 2.96. The van der Waals surface area contributed by atoms with E-state index < -0.39 is 5.54 Å². The SMILES string of the molecule is O=C(NCc1cccc(N2C(=O)NC3(CCCC3)C2=O)c1)C1CC2CC1C1CC21. The second kappa shape index (κ2) is 6.07. The smallest absolute Gasteiger partial charge is 0.329 e. The van der Waals surface area contributed by atoms with Gasteiger partial charge in [0.05, 0.1) is 5.69 Å². The molecule has 6 heteroatoms. The van der Waals surface area contributed by atoms with Crippen LogP contribution in [0.5, 0.6) is 0 Å². The number of nitrogens with one attached hydrogen (secondary N) is 2. The Kier molecular flexibility index (Phi) is 3.66. The number of carbonyl (C=O) groups is 3. The van der Waals surface area contributed by atoms with Crippen LogP contribution in [0, 0.1) is 29.6 Å². The summed E-state index contributed by atoms with van der Waals surface area (Å²) in [6.45, 7) is 0.434. The Bertz CT molecular complexity index is 906. The van der Waals surface area contributed by atoms with E-state index in [1.54, 1.807) is 6.07 Å². The maximum absolute atomic E-state index is 13.0. The van der Waals surface area contributed by atoms with Crippen molar-refractivity contribution in [2.45, 2.75) is 57.0 Å². The number of benzene rings is 1. The number of hydrogen-bond acceptors (Lipinski definition) is 3. The lowest BCUT2D eigenvalue weighted by atomic mass is 9.88. The molecule has 5 fully saturated rings. The van der Waals surface area contributed by atoms with E-state index in [0.717, 1.165) is 55.4 Å². The van der Waals surface area contributed by atoms with Gasteiger partial charge in [-0.05, 0) is 73.5 Å². The molecule has 5 unspecified atom stereocenters. The highest BCUT2D eigenvalue weighted by molar-refractivity contribution is 6.23. The molecule has 2 bridgehead atoms. The first kappa shape index (κ1) is 17.5. The molecule has 4 saturated carbocycles. The normalized spacial score (nSPS) is 35.9. The number of rotatable bonds is 4. The molecule has 2 N–H and O–H groups in total. The average Bonchev–Trinajstić information content (AvgIpc) is 3.02. The van der Waals surface area contributed by atoms with Gasteiger partial charge in [-0.15, -0.1) is 0 Å². The summed E-state index contributed by atoms with van der Waals surface area (Å²) in [5, 5.41) is 6.04. The Balaban J connectivity index is 1.14. The second-order valence-electron chi connectivity index (χ2n) is 9.81. The molecular formula is C23H27N3O3. The molecule has 4 aliphatic carbocycles. The molecule has 1 spiro atoms. The lowest BCUT2D eigenvalue weighted by molar-refractivity contribution is -0.127. The molecule has 5 atom stereocenters. The fourth-order valence-electron chi connectivity index (χ4n) is 6.80. The third-order valence-corrected chi connectivity index (χ3v) is 8.29. The molecule has 6 rings (SSSR count). The quantitative estimate of drug-likeness (QED) is 0.772. The standard InChI is InChI=1S/C23H27N3O3/c27-20(19-10-14-9-17(19)18-11-16(14)18)24-12-13-4-3-5-15(8-13)26-21(28)23(25-22(26)29)6-1-2-7-23/h3-5,8,14,16-19H,1-2,6-7,9-12H2,(H,24,27)(H,25,29). The second-order valence-corrected chi connectivity index (χ2v) is 9.81. The van der Waals surface area contributed by atoms with Crippen LogP contribution >= 0.6 is 0 Å². The third kappa shape index (κ3) is 2.57. The molecule has 29 heavy (non-hydrogen) atoms. The van der Waals surface area contributed by atoms with E-state index in [2.05, 4.69) is 10.6 Å². The van der Waals surface area contributed by atoms with Gasteiger partial charge in [0, 0.05) is 12.5 Å². The van der Waals surface area contributed by atoms with E-state index in [0.29, 0.717) is 18.2 Å². The molecule has 5 aliphatic rings. The van der Waals surface area contributed by atoms with E-state index in [9.17, 15) is 14.4 Å². The first-order valence-corrected chi connectivity index (χ1v) is 11.1. The minimum absolute atomic E-state index is 0.137. The Hall–Kier alpha value is -2.37. The molecule has 1 aromatic carbocycles. The van der Waals surface area contributed by atoms with Gasteiger partial charge in [0.25, 0.3) is 5.91 Å². The Morgan fingerprint density at radius 3 is 2.69 bits per heavy atom. The number of anilines is 1. The van der Waals surface area contributed by atoms with Crippen LogP contribution in [0.1, 0.15) is 50.5 Å². The number of fused-ring (bicyclic) bond motifs is 5. The molecule has 6 nitrogen and oxygen atoms in total. The number of nitrogens with zero attached hydrogens (tertiary/aromatic N) is 1. The zero-order valence-corrected chi connectivity index (χ0v) is 16.5. The summed E-state index contributed by atoms with van der Waals surface area (Å²) in [5.74, 6) is 3.34. The number of amides is 4. The fourth-order valence-corrected chi connectivity index (χ4v) is 6.80. The predicted molar refractivity (Wildman–Crippen MR) is 107 cm³/mol. The van der Waals surface area contributed by atoms with Crippen molar-refractivity contribution >= 4 is 23.5 Å². The average molecular weight is 393 g/mol. The van der Waals surface area contributed by atoms with Gasteiger partial charge in [0.2, 0.25) is 5.91 Å². The van der Waals surface area contributed by atoms with Crippen molar-refractivity contribution in [1.82, 2.24) is 10.6 Å². The van der Waals surface area contributed by atoms with Gasteiger partial charge in [0.15, 0.2) is 0 Å². The summed E-state index contributed by atoms with van der Waals surface area (Å²) in [4.78, 5) is 39.5. The summed E-state index contributed by atoms with van der Waals surface area (Å²) in [5.41, 5.74) is 0.795.